The van der Waals surface area contributed by atoms with Crippen LogP contribution < -0.4 is 9.62 Å². The molecule has 0 atom stereocenters. The van der Waals surface area contributed by atoms with E-state index < -0.39 is 10.0 Å². The Morgan fingerprint density at radius 2 is 1.81 bits per heavy atom. The average molecular weight is 302 g/mol. The molecule has 0 amide bonds. The standard InChI is InChI=1S/C16H18N2O2S/c1-2-17-14-7-9-15(10-8-14)21(19,20)18-12-11-13-5-3-4-6-16(13)18/h3-10,17H,2,11-12H2,1H3. The van der Waals surface area contributed by atoms with E-state index in [0.29, 0.717) is 11.4 Å². The highest BCUT2D eigenvalue weighted by atomic mass is 32.2. The van der Waals surface area contributed by atoms with Crippen LogP contribution in [0.2, 0.25) is 0 Å². The topological polar surface area (TPSA) is 49.4 Å². The van der Waals surface area contributed by atoms with Gasteiger partial charge in [-0.2, -0.15) is 0 Å². The van der Waals surface area contributed by atoms with Crippen LogP contribution in [0.25, 0.3) is 0 Å². The molecule has 3 rings (SSSR count). The van der Waals surface area contributed by atoms with Gasteiger partial charge in [0.2, 0.25) is 0 Å². The van der Waals surface area contributed by atoms with Crippen LogP contribution in [0.4, 0.5) is 11.4 Å². The summed E-state index contributed by atoms with van der Waals surface area (Å²) in [6.45, 7) is 3.33. The van der Waals surface area contributed by atoms with E-state index in [2.05, 4.69) is 5.32 Å². The second-order valence-electron chi connectivity index (χ2n) is 5.01. The van der Waals surface area contributed by atoms with Gasteiger partial charge in [-0.05, 0) is 49.2 Å². The van der Waals surface area contributed by atoms with E-state index in [0.717, 1.165) is 29.9 Å². The van der Waals surface area contributed by atoms with Gasteiger partial charge in [0.05, 0.1) is 10.6 Å². The van der Waals surface area contributed by atoms with Crippen molar-refractivity contribution in [3.8, 4) is 0 Å². The molecule has 0 saturated heterocycles. The van der Waals surface area contributed by atoms with Crippen molar-refractivity contribution >= 4 is 21.4 Å². The highest BCUT2D eigenvalue weighted by molar-refractivity contribution is 7.92. The summed E-state index contributed by atoms with van der Waals surface area (Å²) in [5, 5.41) is 3.16. The number of nitrogens with zero attached hydrogens (tertiary/aromatic N) is 1. The number of nitrogens with one attached hydrogen (secondary N) is 1. The van der Waals surface area contributed by atoms with Crippen LogP contribution in [-0.2, 0) is 16.4 Å². The molecule has 0 fully saturated rings. The quantitative estimate of drug-likeness (QED) is 0.945. The van der Waals surface area contributed by atoms with Gasteiger partial charge in [0.15, 0.2) is 0 Å². The second-order valence-corrected chi connectivity index (χ2v) is 6.87. The van der Waals surface area contributed by atoms with E-state index >= 15 is 0 Å². The highest BCUT2D eigenvalue weighted by Gasteiger charge is 2.30. The number of sulfonamides is 1. The molecule has 0 saturated carbocycles. The van der Waals surface area contributed by atoms with E-state index in [4.69, 9.17) is 0 Å². The Kier molecular flexibility index (Phi) is 3.59. The van der Waals surface area contributed by atoms with Crippen molar-refractivity contribution in [1.29, 1.82) is 0 Å². The normalized spacial score (nSPS) is 14.0. The number of rotatable bonds is 4. The zero-order valence-corrected chi connectivity index (χ0v) is 12.7. The summed E-state index contributed by atoms with van der Waals surface area (Å²) in [6, 6.07) is 14.6. The van der Waals surface area contributed by atoms with Crippen molar-refractivity contribution in [1.82, 2.24) is 0 Å². The van der Waals surface area contributed by atoms with Gasteiger partial charge in [-0.3, -0.25) is 4.31 Å². The summed E-state index contributed by atoms with van der Waals surface area (Å²) < 4.78 is 27.0. The number of benzene rings is 2. The molecular weight excluding hydrogens is 284 g/mol. The van der Waals surface area contributed by atoms with Crippen molar-refractivity contribution in [2.75, 3.05) is 22.7 Å². The lowest BCUT2D eigenvalue weighted by Crippen LogP contribution is -2.29. The van der Waals surface area contributed by atoms with E-state index in [-0.39, 0.29) is 0 Å². The third-order valence-corrected chi connectivity index (χ3v) is 5.50. The molecule has 1 N–H and O–H groups in total. The fourth-order valence-electron chi connectivity index (χ4n) is 2.63. The Bertz CT molecular complexity index is 739. The molecule has 0 bridgehead atoms. The average Bonchev–Trinajstić information content (AvgIpc) is 2.93. The number of anilines is 2. The van der Waals surface area contributed by atoms with E-state index in [1.807, 2.05) is 31.2 Å². The summed E-state index contributed by atoms with van der Waals surface area (Å²) in [4.78, 5) is 0.334. The third kappa shape index (κ3) is 2.49. The van der Waals surface area contributed by atoms with E-state index in [9.17, 15) is 8.42 Å². The van der Waals surface area contributed by atoms with Crippen molar-refractivity contribution in [2.45, 2.75) is 18.2 Å². The molecule has 110 valence electrons. The van der Waals surface area contributed by atoms with Crippen molar-refractivity contribution in [3.63, 3.8) is 0 Å². The molecular formula is C16H18N2O2S. The highest BCUT2D eigenvalue weighted by Crippen LogP contribution is 2.32. The lowest BCUT2D eigenvalue weighted by atomic mass is 10.2. The lowest BCUT2D eigenvalue weighted by Gasteiger charge is -2.19. The van der Waals surface area contributed by atoms with Crippen molar-refractivity contribution < 1.29 is 8.42 Å². The van der Waals surface area contributed by atoms with Crippen LogP contribution in [0.15, 0.2) is 53.4 Å². The molecule has 0 aromatic heterocycles. The minimum Gasteiger partial charge on any atom is -0.385 e. The molecule has 2 aromatic carbocycles. The number of para-hydroxylation sites is 1. The maximum absolute atomic E-state index is 12.8. The monoisotopic (exact) mass is 302 g/mol. The zero-order valence-electron chi connectivity index (χ0n) is 11.9. The zero-order chi connectivity index (χ0) is 14.9. The Labute approximate surface area is 125 Å². The molecule has 0 radical (unpaired) electrons. The molecule has 1 aliphatic heterocycles. The second kappa shape index (κ2) is 5.41. The molecule has 1 heterocycles. The van der Waals surface area contributed by atoms with Gasteiger partial charge in [0.25, 0.3) is 10.0 Å². The smallest absolute Gasteiger partial charge is 0.264 e. The first kappa shape index (κ1) is 13.9. The fraction of sp³-hybridized carbons (Fsp3) is 0.250. The SMILES string of the molecule is CCNc1ccc(S(=O)(=O)N2CCc3ccccc32)cc1. The first-order valence-electron chi connectivity index (χ1n) is 7.07. The molecule has 2 aromatic rings. The van der Waals surface area contributed by atoms with E-state index in [1.54, 1.807) is 24.3 Å². The summed E-state index contributed by atoms with van der Waals surface area (Å²) in [5.41, 5.74) is 2.82. The lowest BCUT2D eigenvalue weighted by molar-refractivity contribution is 0.592. The van der Waals surface area contributed by atoms with Crippen LogP contribution in [0, 0.1) is 0 Å². The molecule has 0 spiro atoms. The Balaban J connectivity index is 1.94. The number of hydrogen-bond acceptors (Lipinski definition) is 3. The minimum absolute atomic E-state index is 0.334. The van der Waals surface area contributed by atoms with E-state index in [1.165, 1.54) is 4.31 Å². The van der Waals surface area contributed by atoms with Crippen LogP contribution >= 0.6 is 0 Å². The van der Waals surface area contributed by atoms with Gasteiger partial charge in [-0.25, -0.2) is 8.42 Å². The first-order chi connectivity index (χ1) is 10.1. The Morgan fingerprint density at radius 3 is 2.52 bits per heavy atom. The third-order valence-electron chi connectivity index (χ3n) is 3.67. The summed E-state index contributed by atoms with van der Waals surface area (Å²) >= 11 is 0. The predicted molar refractivity (Wildman–Crippen MR) is 85.3 cm³/mol. The van der Waals surface area contributed by atoms with Crippen LogP contribution in [0.5, 0.6) is 0 Å². The molecule has 5 heteroatoms. The van der Waals surface area contributed by atoms with Crippen molar-refractivity contribution in [3.05, 3.63) is 54.1 Å². The molecule has 0 aliphatic carbocycles. The summed E-state index contributed by atoms with van der Waals surface area (Å²) in [7, 11) is -3.48. The molecule has 21 heavy (non-hydrogen) atoms. The van der Waals surface area contributed by atoms with Crippen LogP contribution in [0.1, 0.15) is 12.5 Å². The van der Waals surface area contributed by atoms with Crippen LogP contribution in [0.3, 0.4) is 0 Å². The van der Waals surface area contributed by atoms with Gasteiger partial charge < -0.3 is 5.32 Å². The van der Waals surface area contributed by atoms with Gasteiger partial charge in [0, 0.05) is 18.8 Å². The Morgan fingerprint density at radius 1 is 1.10 bits per heavy atom. The minimum atomic E-state index is -3.48. The molecule has 0 unspecified atom stereocenters. The summed E-state index contributed by atoms with van der Waals surface area (Å²) in [6.07, 6.45) is 0.769. The number of fused-ring (bicyclic) bond motifs is 1. The predicted octanol–water partition coefficient (Wildman–Crippen LogP) is 2.87. The van der Waals surface area contributed by atoms with Gasteiger partial charge in [0.1, 0.15) is 0 Å². The first-order valence-corrected chi connectivity index (χ1v) is 8.51. The Hall–Kier alpha value is -2.01. The van der Waals surface area contributed by atoms with Crippen molar-refractivity contribution in [2.24, 2.45) is 0 Å². The van der Waals surface area contributed by atoms with Crippen LogP contribution in [-0.4, -0.2) is 21.5 Å². The molecule has 1 aliphatic rings. The maximum Gasteiger partial charge on any atom is 0.264 e. The molecule has 4 nitrogen and oxygen atoms in total. The maximum atomic E-state index is 12.8. The number of hydrogen-bond donors (Lipinski definition) is 1. The van der Waals surface area contributed by atoms with Gasteiger partial charge >= 0.3 is 0 Å². The summed E-state index contributed by atoms with van der Waals surface area (Å²) in [5.74, 6) is 0. The van der Waals surface area contributed by atoms with Gasteiger partial charge in [-0.15, -0.1) is 0 Å². The fourth-order valence-corrected chi connectivity index (χ4v) is 4.14. The largest absolute Gasteiger partial charge is 0.385 e. The van der Waals surface area contributed by atoms with Gasteiger partial charge in [-0.1, -0.05) is 18.2 Å².